The van der Waals surface area contributed by atoms with Gasteiger partial charge in [-0.05, 0) is 22.0 Å². The molecule has 0 N–H and O–H groups in total. The van der Waals surface area contributed by atoms with Crippen LogP contribution in [0.3, 0.4) is 0 Å². The highest BCUT2D eigenvalue weighted by molar-refractivity contribution is 9.10. The zero-order valence-electron chi connectivity index (χ0n) is 6.80. The summed E-state index contributed by atoms with van der Waals surface area (Å²) in [6.07, 6.45) is -0.426. The molecule has 13 heavy (non-hydrogen) atoms. The summed E-state index contributed by atoms with van der Waals surface area (Å²) in [7, 11) is 0. The minimum absolute atomic E-state index is 0.295. The van der Waals surface area contributed by atoms with Gasteiger partial charge in [0, 0.05) is 5.56 Å². The van der Waals surface area contributed by atoms with E-state index in [1.54, 1.807) is 12.1 Å². The van der Waals surface area contributed by atoms with E-state index in [1.165, 1.54) is 6.07 Å². The molecule has 1 heterocycles. The third-order valence-corrected chi connectivity index (χ3v) is 2.69. The van der Waals surface area contributed by atoms with Crippen molar-refractivity contribution >= 4 is 15.9 Å². The Bertz CT molecular complexity index is 310. The Morgan fingerprint density at radius 3 is 2.69 bits per heavy atom. The summed E-state index contributed by atoms with van der Waals surface area (Å²) in [5, 5.41) is 0. The van der Waals surface area contributed by atoms with Gasteiger partial charge in [0.25, 0.3) is 0 Å². The van der Waals surface area contributed by atoms with E-state index in [0.717, 1.165) is 0 Å². The monoisotopic (exact) mass is 246 g/mol. The molecular formula is C9H8BrFO2. The fraction of sp³-hybridized carbons (Fsp3) is 0.333. The summed E-state index contributed by atoms with van der Waals surface area (Å²) >= 11 is 3.16. The molecule has 2 rings (SSSR count). The standard InChI is InChI=1S/C9H8BrFO2/c10-8-6(2-1-3-7(8)11)9-12-4-5-13-9/h1-3,9H,4-5H2. The summed E-state index contributed by atoms with van der Waals surface area (Å²) < 4.78 is 24.0. The predicted octanol–water partition coefficient (Wildman–Crippen LogP) is 2.63. The van der Waals surface area contributed by atoms with Crippen molar-refractivity contribution in [2.24, 2.45) is 0 Å². The number of hydrogen-bond donors (Lipinski definition) is 0. The second-order valence-corrected chi connectivity index (χ2v) is 3.51. The van der Waals surface area contributed by atoms with Gasteiger partial charge < -0.3 is 9.47 Å². The Labute approximate surface area is 83.8 Å². The van der Waals surface area contributed by atoms with Crippen LogP contribution in [-0.4, -0.2) is 13.2 Å². The van der Waals surface area contributed by atoms with Gasteiger partial charge in [-0.25, -0.2) is 4.39 Å². The number of rotatable bonds is 1. The van der Waals surface area contributed by atoms with E-state index < -0.39 is 6.29 Å². The first-order valence-corrected chi connectivity index (χ1v) is 4.75. The molecule has 1 aliphatic rings. The number of ether oxygens (including phenoxy) is 2. The zero-order chi connectivity index (χ0) is 9.26. The second kappa shape index (κ2) is 3.74. The minimum atomic E-state index is -0.426. The average molecular weight is 247 g/mol. The first-order chi connectivity index (χ1) is 6.29. The van der Waals surface area contributed by atoms with Crippen LogP contribution in [-0.2, 0) is 9.47 Å². The topological polar surface area (TPSA) is 18.5 Å². The van der Waals surface area contributed by atoms with Crippen LogP contribution in [0.4, 0.5) is 4.39 Å². The molecule has 1 aromatic rings. The fourth-order valence-electron chi connectivity index (χ4n) is 1.24. The van der Waals surface area contributed by atoms with E-state index in [1.807, 2.05) is 0 Å². The molecule has 1 aromatic carbocycles. The van der Waals surface area contributed by atoms with Crippen LogP contribution < -0.4 is 0 Å². The molecule has 0 aliphatic carbocycles. The molecule has 0 saturated carbocycles. The molecule has 0 radical (unpaired) electrons. The Kier molecular flexibility index (Phi) is 2.62. The minimum Gasteiger partial charge on any atom is -0.346 e. The van der Waals surface area contributed by atoms with Crippen molar-refractivity contribution in [2.75, 3.05) is 13.2 Å². The summed E-state index contributed by atoms with van der Waals surface area (Å²) in [5.74, 6) is -0.295. The van der Waals surface area contributed by atoms with Gasteiger partial charge in [0.15, 0.2) is 6.29 Å². The van der Waals surface area contributed by atoms with E-state index in [4.69, 9.17) is 9.47 Å². The molecule has 2 nitrogen and oxygen atoms in total. The number of halogens is 2. The summed E-state index contributed by atoms with van der Waals surface area (Å²) in [4.78, 5) is 0. The summed E-state index contributed by atoms with van der Waals surface area (Å²) in [6.45, 7) is 1.13. The molecule has 0 atom stereocenters. The molecular weight excluding hydrogens is 239 g/mol. The lowest BCUT2D eigenvalue weighted by molar-refractivity contribution is -0.0448. The van der Waals surface area contributed by atoms with Crippen LogP contribution >= 0.6 is 15.9 Å². The first kappa shape index (κ1) is 9.12. The highest BCUT2D eigenvalue weighted by atomic mass is 79.9. The van der Waals surface area contributed by atoms with E-state index in [9.17, 15) is 4.39 Å². The molecule has 1 saturated heterocycles. The number of benzene rings is 1. The maximum Gasteiger partial charge on any atom is 0.185 e. The molecule has 70 valence electrons. The normalized spacial score (nSPS) is 18.0. The van der Waals surface area contributed by atoms with Gasteiger partial charge in [-0.1, -0.05) is 12.1 Å². The van der Waals surface area contributed by atoms with Crippen molar-refractivity contribution < 1.29 is 13.9 Å². The molecule has 4 heteroatoms. The molecule has 1 aliphatic heterocycles. The van der Waals surface area contributed by atoms with Gasteiger partial charge in [-0.15, -0.1) is 0 Å². The maximum absolute atomic E-state index is 13.1. The average Bonchev–Trinajstić information content (AvgIpc) is 2.62. The zero-order valence-corrected chi connectivity index (χ0v) is 8.38. The molecule has 1 fully saturated rings. The smallest absolute Gasteiger partial charge is 0.185 e. The maximum atomic E-state index is 13.1. The molecule has 0 spiro atoms. The second-order valence-electron chi connectivity index (χ2n) is 2.72. The van der Waals surface area contributed by atoms with Gasteiger partial charge in [0.05, 0.1) is 17.7 Å². The Morgan fingerprint density at radius 2 is 2.00 bits per heavy atom. The molecule has 0 unspecified atom stereocenters. The lowest BCUT2D eigenvalue weighted by atomic mass is 10.2. The first-order valence-electron chi connectivity index (χ1n) is 3.96. The fourth-order valence-corrected chi connectivity index (χ4v) is 1.69. The Morgan fingerprint density at radius 1 is 1.31 bits per heavy atom. The number of hydrogen-bond acceptors (Lipinski definition) is 2. The van der Waals surface area contributed by atoms with Crippen molar-refractivity contribution in [1.82, 2.24) is 0 Å². The van der Waals surface area contributed by atoms with Crippen LogP contribution in [0.2, 0.25) is 0 Å². The van der Waals surface area contributed by atoms with E-state index in [-0.39, 0.29) is 5.82 Å². The van der Waals surface area contributed by atoms with Crippen LogP contribution in [0.25, 0.3) is 0 Å². The third kappa shape index (κ3) is 1.75. The third-order valence-electron chi connectivity index (χ3n) is 1.86. The SMILES string of the molecule is Fc1cccc(C2OCCO2)c1Br. The Balaban J connectivity index is 2.33. The molecule has 0 amide bonds. The molecule has 0 bridgehead atoms. The van der Waals surface area contributed by atoms with Crippen molar-refractivity contribution in [2.45, 2.75) is 6.29 Å². The predicted molar refractivity (Wildman–Crippen MR) is 48.7 cm³/mol. The lowest BCUT2D eigenvalue weighted by Gasteiger charge is -2.11. The van der Waals surface area contributed by atoms with E-state index in [2.05, 4.69) is 15.9 Å². The van der Waals surface area contributed by atoms with Gasteiger partial charge in [-0.2, -0.15) is 0 Å². The summed E-state index contributed by atoms with van der Waals surface area (Å²) in [6, 6.07) is 4.81. The van der Waals surface area contributed by atoms with Crippen LogP contribution in [0.5, 0.6) is 0 Å². The van der Waals surface area contributed by atoms with E-state index >= 15 is 0 Å². The van der Waals surface area contributed by atoms with Gasteiger partial charge in [0.2, 0.25) is 0 Å². The largest absolute Gasteiger partial charge is 0.346 e. The van der Waals surface area contributed by atoms with Gasteiger partial charge in [0.1, 0.15) is 5.82 Å². The highest BCUT2D eigenvalue weighted by Gasteiger charge is 2.21. The Hall–Kier alpha value is -0.450. The van der Waals surface area contributed by atoms with Crippen molar-refractivity contribution in [3.8, 4) is 0 Å². The van der Waals surface area contributed by atoms with Crippen molar-refractivity contribution in [1.29, 1.82) is 0 Å². The lowest BCUT2D eigenvalue weighted by Crippen LogP contribution is -2.00. The quantitative estimate of drug-likeness (QED) is 0.759. The van der Waals surface area contributed by atoms with Crippen molar-refractivity contribution in [3.05, 3.63) is 34.1 Å². The van der Waals surface area contributed by atoms with Gasteiger partial charge in [-0.3, -0.25) is 0 Å². The van der Waals surface area contributed by atoms with Crippen LogP contribution in [0.15, 0.2) is 22.7 Å². The van der Waals surface area contributed by atoms with E-state index in [0.29, 0.717) is 23.2 Å². The summed E-state index contributed by atoms with van der Waals surface area (Å²) in [5.41, 5.74) is 0.706. The van der Waals surface area contributed by atoms with Gasteiger partial charge >= 0.3 is 0 Å². The van der Waals surface area contributed by atoms with Crippen molar-refractivity contribution in [3.63, 3.8) is 0 Å². The molecule has 0 aromatic heterocycles. The van der Waals surface area contributed by atoms with Crippen LogP contribution in [0.1, 0.15) is 11.9 Å². The van der Waals surface area contributed by atoms with Crippen LogP contribution in [0, 0.1) is 5.82 Å². The highest BCUT2D eigenvalue weighted by Crippen LogP contribution is 2.31.